The summed E-state index contributed by atoms with van der Waals surface area (Å²) < 4.78 is 14.6. The molecule has 5 heteroatoms. The number of halogens is 2. The van der Waals surface area contributed by atoms with Crippen LogP contribution in [0.3, 0.4) is 0 Å². The zero-order valence-corrected chi connectivity index (χ0v) is 13.5. The molecular formula is C16H20BrFN2O. The third-order valence-corrected chi connectivity index (χ3v) is 5.15. The third-order valence-electron chi connectivity index (χ3n) is 4.65. The molecule has 0 spiro atoms. The predicted octanol–water partition coefficient (Wildman–Crippen LogP) is 3.19. The van der Waals surface area contributed by atoms with Crippen LogP contribution in [0.4, 0.5) is 4.39 Å². The van der Waals surface area contributed by atoms with Crippen molar-refractivity contribution in [2.24, 2.45) is 5.92 Å². The molecule has 0 aliphatic carbocycles. The molecule has 2 fully saturated rings. The van der Waals surface area contributed by atoms with Crippen molar-refractivity contribution in [2.45, 2.75) is 31.7 Å². The van der Waals surface area contributed by atoms with Gasteiger partial charge in [-0.1, -0.05) is 15.9 Å². The van der Waals surface area contributed by atoms with Crippen molar-refractivity contribution in [2.75, 3.05) is 19.6 Å². The summed E-state index contributed by atoms with van der Waals surface area (Å²) in [5.41, 5.74) is 0.168. The summed E-state index contributed by atoms with van der Waals surface area (Å²) in [6, 6.07) is 5.14. The fourth-order valence-electron chi connectivity index (χ4n) is 3.45. The first-order valence-electron chi connectivity index (χ1n) is 7.63. The standard InChI is InChI=1S/C16H20BrFN2O/c17-12-3-4-14(18)13(10-12)16(21)20-8-5-11(6-9-20)15-2-1-7-19-15/h3-4,10-11,15,19H,1-2,5-9H2. The van der Waals surface area contributed by atoms with Crippen LogP contribution < -0.4 is 5.32 Å². The minimum atomic E-state index is -0.442. The summed E-state index contributed by atoms with van der Waals surface area (Å²) in [6.45, 7) is 2.58. The molecule has 0 bridgehead atoms. The number of hydrogen-bond donors (Lipinski definition) is 1. The van der Waals surface area contributed by atoms with Gasteiger partial charge in [-0.3, -0.25) is 4.79 Å². The molecule has 2 aliphatic heterocycles. The number of nitrogens with zero attached hydrogens (tertiary/aromatic N) is 1. The van der Waals surface area contributed by atoms with Gasteiger partial charge in [-0.2, -0.15) is 0 Å². The van der Waals surface area contributed by atoms with E-state index in [1.165, 1.54) is 18.9 Å². The molecule has 1 unspecified atom stereocenters. The molecule has 0 radical (unpaired) electrons. The molecule has 2 saturated heterocycles. The maximum absolute atomic E-state index is 13.8. The van der Waals surface area contributed by atoms with Crippen LogP contribution in [0.5, 0.6) is 0 Å². The topological polar surface area (TPSA) is 32.3 Å². The lowest BCUT2D eigenvalue weighted by Crippen LogP contribution is -2.43. The van der Waals surface area contributed by atoms with Crippen molar-refractivity contribution in [1.82, 2.24) is 10.2 Å². The fourth-order valence-corrected chi connectivity index (χ4v) is 3.81. The highest BCUT2D eigenvalue weighted by atomic mass is 79.9. The highest BCUT2D eigenvalue weighted by molar-refractivity contribution is 9.10. The van der Waals surface area contributed by atoms with Crippen LogP contribution in [-0.2, 0) is 0 Å². The molecule has 1 N–H and O–H groups in total. The van der Waals surface area contributed by atoms with Crippen molar-refractivity contribution in [3.05, 3.63) is 34.1 Å². The number of nitrogens with one attached hydrogen (secondary N) is 1. The monoisotopic (exact) mass is 354 g/mol. The highest BCUT2D eigenvalue weighted by Crippen LogP contribution is 2.27. The maximum atomic E-state index is 13.8. The molecule has 1 aromatic rings. The van der Waals surface area contributed by atoms with E-state index < -0.39 is 5.82 Å². The largest absolute Gasteiger partial charge is 0.339 e. The number of piperidine rings is 1. The molecule has 2 heterocycles. The van der Waals surface area contributed by atoms with E-state index in [4.69, 9.17) is 0 Å². The minimum Gasteiger partial charge on any atom is -0.339 e. The summed E-state index contributed by atoms with van der Waals surface area (Å²) in [6.07, 6.45) is 4.53. The molecule has 3 rings (SSSR count). The highest BCUT2D eigenvalue weighted by Gasteiger charge is 2.30. The zero-order chi connectivity index (χ0) is 14.8. The summed E-state index contributed by atoms with van der Waals surface area (Å²) in [7, 11) is 0. The predicted molar refractivity (Wildman–Crippen MR) is 83.8 cm³/mol. The Balaban J connectivity index is 1.63. The molecular weight excluding hydrogens is 335 g/mol. The number of amides is 1. The van der Waals surface area contributed by atoms with Crippen molar-refractivity contribution in [3.8, 4) is 0 Å². The SMILES string of the molecule is O=C(c1cc(Br)ccc1F)N1CCC(C2CCCN2)CC1. The van der Waals surface area contributed by atoms with Gasteiger partial charge in [0.1, 0.15) is 5.82 Å². The lowest BCUT2D eigenvalue weighted by atomic mass is 9.88. The van der Waals surface area contributed by atoms with Crippen molar-refractivity contribution < 1.29 is 9.18 Å². The van der Waals surface area contributed by atoms with E-state index in [0.29, 0.717) is 12.0 Å². The average molecular weight is 355 g/mol. The van der Waals surface area contributed by atoms with Gasteiger partial charge in [0.2, 0.25) is 0 Å². The van der Waals surface area contributed by atoms with Crippen LogP contribution in [-0.4, -0.2) is 36.5 Å². The molecule has 3 nitrogen and oxygen atoms in total. The van der Waals surface area contributed by atoms with Gasteiger partial charge in [0.25, 0.3) is 5.91 Å². The molecule has 114 valence electrons. The Hall–Kier alpha value is -0.940. The molecule has 21 heavy (non-hydrogen) atoms. The summed E-state index contributed by atoms with van der Waals surface area (Å²) in [5.74, 6) is 0.0262. The van der Waals surface area contributed by atoms with Gasteiger partial charge in [-0.15, -0.1) is 0 Å². The molecule has 1 amide bonds. The Morgan fingerprint density at radius 1 is 1.29 bits per heavy atom. The second-order valence-electron chi connectivity index (χ2n) is 5.96. The van der Waals surface area contributed by atoms with Crippen molar-refractivity contribution >= 4 is 21.8 Å². The number of hydrogen-bond acceptors (Lipinski definition) is 2. The zero-order valence-electron chi connectivity index (χ0n) is 11.9. The fraction of sp³-hybridized carbons (Fsp3) is 0.562. The summed E-state index contributed by atoms with van der Waals surface area (Å²) in [5, 5.41) is 3.55. The van der Waals surface area contributed by atoms with E-state index in [-0.39, 0.29) is 11.5 Å². The van der Waals surface area contributed by atoms with Crippen molar-refractivity contribution in [1.29, 1.82) is 0 Å². The lowest BCUT2D eigenvalue weighted by molar-refractivity contribution is 0.0669. The van der Waals surface area contributed by atoms with E-state index in [2.05, 4.69) is 21.2 Å². The second-order valence-corrected chi connectivity index (χ2v) is 6.87. The molecule has 1 atom stereocenters. The van der Waals surface area contributed by atoms with Crippen molar-refractivity contribution in [3.63, 3.8) is 0 Å². The van der Waals surface area contributed by atoms with Crippen LogP contribution in [0.1, 0.15) is 36.0 Å². The van der Waals surface area contributed by atoms with E-state index in [9.17, 15) is 9.18 Å². The Morgan fingerprint density at radius 2 is 2.05 bits per heavy atom. The summed E-state index contributed by atoms with van der Waals surface area (Å²) in [4.78, 5) is 14.2. The quantitative estimate of drug-likeness (QED) is 0.884. The molecule has 1 aromatic carbocycles. The van der Waals surface area contributed by atoms with E-state index in [0.717, 1.165) is 36.9 Å². The first kappa shape index (κ1) is 15.0. The van der Waals surface area contributed by atoms with Gasteiger partial charge in [0, 0.05) is 23.6 Å². The van der Waals surface area contributed by atoms with Gasteiger partial charge >= 0.3 is 0 Å². The number of carbonyl (C=O) groups excluding carboxylic acids is 1. The van der Waals surface area contributed by atoms with Crippen LogP contribution in [0.25, 0.3) is 0 Å². The van der Waals surface area contributed by atoms with Crippen LogP contribution in [0.15, 0.2) is 22.7 Å². The molecule has 0 saturated carbocycles. The Bertz CT molecular complexity index is 523. The number of likely N-dealkylation sites (tertiary alicyclic amines) is 1. The van der Waals surface area contributed by atoms with E-state index >= 15 is 0 Å². The second kappa shape index (κ2) is 6.44. The Labute approximate surface area is 133 Å². The van der Waals surface area contributed by atoms with E-state index in [1.54, 1.807) is 17.0 Å². The van der Waals surface area contributed by atoms with Gasteiger partial charge in [-0.25, -0.2) is 4.39 Å². The van der Waals surface area contributed by atoms with Gasteiger partial charge < -0.3 is 10.2 Å². The number of benzene rings is 1. The average Bonchev–Trinajstić information content (AvgIpc) is 3.03. The smallest absolute Gasteiger partial charge is 0.256 e. The molecule has 0 aromatic heterocycles. The number of rotatable bonds is 2. The lowest BCUT2D eigenvalue weighted by Gasteiger charge is -2.35. The first-order chi connectivity index (χ1) is 10.1. The Kier molecular flexibility index (Phi) is 4.60. The normalized spacial score (nSPS) is 23.5. The summed E-state index contributed by atoms with van der Waals surface area (Å²) >= 11 is 3.30. The first-order valence-corrected chi connectivity index (χ1v) is 8.42. The van der Waals surface area contributed by atoms with Crippen LogP contribution in [0.2, 0.25) is 0 Å². The Morgan fingerprint density at radius 3 is 2.71 bits per heavy atom. The number of carbonyl (C=O) groups is 1. The van der Waals surface area contributed by atoms with Gasteiger partial charge in [0.05, 0.1) is 5.56 Å². The van der Waals surface area contributed by atoms with Gasteiger partial charge in [-0.05, 0) is 56.3 Å². The van der Waals surface area contributed by atoms with Gasteiger partial charge in [0.15, 0.2) is 0 Å². The minimum absolute atomic E-state index is 0.168. The third kappa shape index (κ3) is 3.29. The van der Waals surface area contributed by atoms with E-state index in [1.807, 2.05) is 0 Å². The van der Waals surface area contributed by atoms with Crippen LogP contribution in [0, 0.1) is 11.7 Å². The molecule has 2 aliphatic rings. The van der Waals surface area contributed by atoms with Crippen LogP contribution >= 0.6 is 15.9 Å². The maximum Gasteiger partial charge on any atom is 0.256 e.